The third-order valence-corrected chi connectivity index (χ3v) is 6.00. The number of ether oxygens (including phenoxy) is 1. The topological polar surface area (TPSA) is 58.6 Å². The van der Waals surface area contributed by atoms with Gasteiger partial charge in [-0.1, -0.05) is 61.0 Å². The highest BCUT2D eigenvalue weighted by Gasteiger charge is 2.30. The van der Waals surface area contributed by atoms with Gasteiger partial charge in [0.25, 0.3) is 5.91 Å². The zero-order valence-corrected chi connectivity index (χ0v) is 20.7. The minimum Gasteiger partial charge on any atom is -0.484 e. The Morgan fingerprint density at radius 1 is 1.03 bits per heavy atom. The summed E-state index contributed by atoms with van der Waals surface area (Å²) in [5.74, 6) is -0.449. The summed E-state index contributed by atoms with van der Waals surface area (Å²) >= 11 is 6.09. The molecule has 0 aliphatic carbocycles. The summed E-state index contributed by atoms with van der Waals surface area (Å²) < 4.78 is 19.3. The molecule has 2 amide bonds. The number of benzene rings is 3. The van der Waals surface area contributed by atoms with E-state index >= 15 is 0 Å². The molecule has 0 aliphatic rings. The third kappa shape index (κ3) is 7.82. The van der Waals surface area contributed by atoms with Gasteiger partial charge >= 0.3 is 0 Å². The normalized spacial score (nSPS) is 11.5. The van der Waals surface area contributed by atoms with Crippen LogP contribution in [0.3, 0.4) is 0 Å². The lowest BCUT2D eigenvalue weighted by atomic mass is 10.0. The number of amides is 2. The molecule has 0 fully saturated rings. The molecule has 3 aromatic carbocycles. The van der Waals surface area contributed by atoms with Crippen LogP contribution >= 0.6 is 11.6 Å². The molecule has 35 heavy (non-hydrogen) atoms. The summed E-state index contributed by atoms with van der Waals surface area (Å²) in [5, 5.41) is 3.53. The smallest absolute Gasteiger partial charge is 0.261 e. The second-order valence-corrected chi connectivity index (χ2v) is 8.75. The van der Waals surface area contributed by atoms with Crippen LogP contribution in [0.5, 0.6) is 5.75 Å². The quantitative estimate of drug-likeness (QED) is 0.390. The van der Waals surface area contributed by atoms with Crippen LogP contribution in [0, 0.1) is 12.7 Å². The standard InChI is InChI=1S/C28H30ClFN2O3/c1-3-15-31-28(34)26(17-21-7-5-4-6-8-21)32(18-22-9-11-23(30)12-10-22)27(33)19-35-24-13-14-25(29)20(2)16-24/h4-14,16,26H,3,15,17-19H2,1-2H3,(H,31,34)/t26-/m0/s1. The maximum atomic E-state index is 13.5. The Labute approximate surface area is 210 Å². The Morgan fingerprint density at radius 3 is 2.40 bits per heavy atom. The molecule has 0 saturated heterocycles. The fourth-order valence-electron chi connectivity index (χ4n) is 3.64. The van der Waals surface area contributed by atoms with Crippen molar-refractivity contribution in [2.24, 2.45) is 0 Å². The van der Waals surface area contributed by atoms with Crippen molar-refractivity contribution in [1.82, 2.24) is 10.2 Å². The number of hydrogen-bond donors (Lipinski definition) is 1. The van der Waals surface area contributed by atoms with E-state index in [0.717, 1.165) is 17.5 Å². The first-order chi connectivity index (χ1) is 16.9. The molecule has 0 heterocycles. The molecule has 1 N–H and O–H groups in total. The SMILES string of the molecule is CCCNC(=O)[C@H](Cc1ccccc1)N(Cc1ccc(F)cc1)C(=O)COc1ccc(Cl)c(C)c1. The summed E-state index contributed by atoms with van der Waals surface area (Å²) in [6.07, 6.45) is 1.11. The van der Waals surface area contributed by atoms with E-state index < -0.39 is 6.04 Å². The van der Waals surface area contributed by atoms with Crippen molar-refractivity contribution in [3.05, 3.63) is 100 Å². The van der Waals surface area contributed by atoms with E-state index in [4.69, 9.17) is 16.3 Å². The summed E-state index contributed by atoms with van der Waals surface area (Å²) in [6.45, 7) is 4.21. The van der Waals surface area contributed by atoms with Crippen LogP contribution in [-0.4, -0.2) is 35.9 Å². The third-order valence-electron chi connectivity index (χ3n) is 5.58. The first kappa shape index (κ1) is 26.2. The van der Waals surface area contributed by atoms with Crippen molar-refractivity contribution in [3.63, 3.8) is 0 Å². The second-order valence-electron chi connectivity index (χ2n) is 8.34. The van der Waals surface area contributed by atoms with Gasteiger partial charge in [-0.15, -0.1) is 0 Å². The lowest BCUT2D eigenvalue weighted by Gasteiger charge is -2.31. The Morgan fingerprint density at radius 2 is 1.74 bits per heavy atom. The molecule has 0 aromatic heterocycles. The molecular weight excluding hydrogens is 467 g/mol. The number of carbonyl (C=O) groups excluding carboxylic acids is 2. The monoisotopic (exact) mass is 496 g/mol. The van der Waals surface area contributed by atoms with Gasteiger partial charge in [-0.2, -0.15) is 0 Å². The molecule has 0 spiro atoms. The minimum absolute atomic E-state index is 0.138. The van der Waals surface area contributed by atoms with Crippen LogP contribution in [-0.2, 0) is 22.6 Å². The van der Waals surface area contributed by atoms with Crippen molar-refractivity contribution in [3.8, 4) is 5.75 Å². The molecule has 1 atom stereocenters. The number of aryl methyl sites for hydroxylation is 1. The van der Waals surface area contributed by atoms with Crippen molar-refractivity contribution < 1.29 is 18.7 Å². The molecule has 0 radical (unpaired) electrons. The Balaban J connectivity index is 1.88. The first-order valence-corrected chi connectivity index (χ1v) is 12.0. The van der Waals surface area contributed by atoms with Gasteiger partial charge in [0.15, 0.2) is 6.61 Å². The van der Waals surface area contributed by atoms with Gasteiger partial charge in [0, 0.05) is 24.5 Å². The van der Waals surface area contributed by atoms with Gasteiger partial charge < -0.3 is 15.0 Å². The zero-order valence-electron chi connectivity index (χ0n) is 20.0. The van der Waals surface area contributed by atoms with Crippen LogP contribution in [0.25, 0.3) is 0 Å². The first-order valence-electron chi connectivity index (χ1n) is 11.6. The van der Waals surface area contributed by atoms with Crippen molar-refractivity contribution in [1.29, 1.82) is 0 Å². The van der Waals surface area contributed by atoms with Crippen LogP contribution in [0.4, 0.5) is 4.39 Å². The highest BCUT2D eigenvalue weighted by atomic mass is 35.5. The highest BCUT2D eigenvalue weighted by molar-refractivity contribution is 6.31. The fraction of sp³-hybridized carbons (Fsp3) is 0.286. The predicted octanol–water partition coefficient (Wildman–Crippen LogP) is 5.33. The molecule has 3 rings (SSSR count). The van der Waals surface area contributed by atoms with Crippen molar-refractivity contribution in [2.45, 2.75) is 39.3 Å². The van der Waals surface area contributed by atoms with E-state index in [1.54, 1.807) is 30.3 Å². The Hall–Kier alpha value is -3.38. The number of carbonyl (C=O) groups is 2. The number of rotatable bonds is 11. The maximum absolute atomic E-state index is 13.5. The number of nitrogens with one attached hydrogen (secondary N) is 1. The van der Waals surface area contributed by atoms with Crippen LogP contribution in [0.2, 0.25) is 5.02 Å². The van der Waals surface area contributed by atoms with E-state index in [0.29, 0.717) is 29.3 Å². The Bertz CT molecular complexity index is 1120. The molecule has 0 bridgehead atoms. The number of halogens is 2. The lowest BCUT2D eigenvalue weighted by Crippen LogP contribution is -2.51. The largest absolute Gasteiger partial charge is 0.484 e. The number of hydrogen-bond acceptors (Lipinski definition) is 3. The highest BCUT2D eigenvalue weighted by Crippen LogP contribution is 2.22. The predicted molar refractivity (Wildman–Crippen MR) is 136 cm³/mol. The summed E-state index contributed by atoms with van der Waals surface area (Å²) in [6, 6.07) is 19.9. The second kappa shape index (κ2) is 12.9. The zero-order chi connectivity index (χ0) is 25.2. The molecular formula is C28H30ClFN2O3. The van der Waals surface area contributed by atoms with Crippen LogP contribution in [0.15, 0.2) is 72.8 Å². The van der Waals surface area contributed by atoms with Gasteiger partial charge in [0.05, 0.1) is 0 Å². The summed E-state index contributed by atoms with van der Waals surface area (Å²) in [5.41, 5.74) is 2.47. The average molecular weight is 497 g/mol. The molecule has 184 valence electrons. The molecule has 5 nitrogen and oxygen atoms in total. The summed E-state index contributed by atoms with van der Waals surface area (Å²) in [7, 11) is 0. The molecule has 3 aromatic rings. The van der Waals surface area contributed by atoms with E-state index in [9.17, 15) is 14.0 Å². The van der Waals surface area contributed by atoms with Gasteiger partial charge in [0.2, 0.25) is 5.91 Å². The molecule has 0 aliphatic heterocycles. The lowest BCUT2D eigenvalue weighted by molar-refractivity contribution is -0.142. The number of nitrogens with zero attached hydrogens (tertiary/aromatic N) is 1. The Kier molecular flexibility index (Phi) is 9.67. The van der Waals surface area contributed by atoms with Gasteiger partial charge in [0.1, 0.15) is 17.6 Å². The van der Waals surface area contributed by atoms with Crippen LogP contribution in [0.1, 0.15) is 30.0 Å². The van der Waals surface area contributed by atoms with E-state index in [-0.39, 0.29) is 30.8 Å². The van der Waals surface area contributed by atoms with E-state index in [1.165, 1.54) is 17.0 Å². The van der Waals surface area contributed by atoms with E-state index in [2.05, 4.69) is 5.32 Å². The van der Waals surface area contributed by atoms with Crippen molar-refractivity contribution >= 4 is 23.4 Å². The van der Waals surface area contributed by atoms with Crippen LogP contribution < -0.4 is 10.1 Å². The van der Waals surface area contributed by atoms with Gasteiger partial charge in [-0.25, -0.2) is 4.39 Å². The van der Waals surface area contributed by atoms with E-state index in [1.807, 2.05) is 44.2 Å². The molecule has 0 unspecified atom stereocenters. The fourth-order valence-corrected chi connectivity index (χ4v) is 3.76. The maximum Gasteiger partial charge on any atom is 0.261 e. The molecule has 7 heteroatoms. The average Bonchev–Trinajstić information content (AvgIpc) is 2.87. The van der Waals surface area contributed by atoms with Gasteiger partial charge in [-0.05, 0) is 60.4 Å². The van der Waals surface area contributed by atoms with Gasteiger partial charge in [-0.3, -0.25) is 9.59 Å². The molecule has 0 saturated carbocycles. The van der Waals surface area contributed by atoms with Crippen molar-refractivity contribution in [2.75, 3.05) is 13.2 Å². The minimum atomic E-state index is -0.767. The summed E-state index contributed by atoms with van der Waals surface area (Å²) in [4.78, 5) is 28.2.